The minimum atomic E-state index is -1.40. The van der Waals surface area contributed by atoms with Gasteiger partial charge in [-0.3, -0.25) is 24.2 Å². The number of carboxylic acid groups (broad SMARTS) is 2. The number of nitrogens with two attached hydrogens (primary N) is 3. The number of likely N-dealkylation sites (tertiary alicyclic amines) is 1. The Labute approximate surface area is 236 Å². The number of halogens is 1. The van der Waals surface area contributed by atoms with Crippen LogP contribution < -0.4 is 27.8 Å². The van der Waals surface area contributed by atoms with Crippen LogP contribution in [0.5, 0.6) is 0 Å². The number of benzene rings is 1. The molecule has 40 heavy (non-hydrogen) atoms. The summed E-state index contributed by atoms with van der Waals surface area (Å²) < 4.78 is 0. The quantitative estimate of drug-likeness (QED) is 0.0780. The molecule has 3 amide bonds. The van der Waals surface area contributed by atoms with E-state index in [4.69, 9.17) is 33.9 Å². The first-order valence-corrected chi connectivity index (χ1v) is 13.2. The lowest BCUT2D eigenvalue weighted by molar-refractivity contribution is -0.147. The van der Waals surface area contributed by atoms with E-state index in [2.05, 4.69) is 15.6 Å². The number of alkyl halides is 1. The van der Waals surface area contributed by atoms with E-state index >= 15 is 0 Å². The van der Waals surface area contributed by atoms with Crippen molar-refractivity contribution in [3.63, 3.8) is 0 Å². The normalized spacial score (nSPS) is 17.9. The van der Waals surface area contributed by atoms with E-state index in [9.17, 15) is 29.1 Å². The van der Waals surface area contributed by atoms with Gasteiger partial charge in [-0.15, -0.1) is 11.6 Å². The number of carbonyl (C=O) groups is 5. The minimum absolute atomic E-state index is 0.0300. The van der Waals surface area contributed by atoms with Crippen LogP contribution in [0.3, 0.4) is 0 Å². The largest absolute Gasteiger partial charge is 0.481 e. The summed E-state index contributed by atoms with van der Waals surface area (Å²) in [5, 5.41) is 23.0. The van der Waals surface area contributed by atoms with Gasteiger partial charge in [0, 0.05) is 13.0 Å². The summed E-state index contributed by atoms with van der Waals surface area (Å²) in [6.45, 7) is 0.136. The number of carbonyl (C=O) groups excluding carboxylic acids is 3. The van der Waals surface area contributed by atoms with Gasteiger partial charge in [-0.2, -0.15) is 0 Å². The van der Waals surface area contributed by atoms with E-state index in [1.807, 2.05) is 0 Å². The molecule has 0 spiro atoms. The van der Waals surface area contributed by atoms with Crippen molar-refractivity contribution in [3.8, 4) is 0 Å². The first-order valence-electron chi connectivity index (χ1n) is 12.7. The molecule has 0 bridgehead atoms. The Hall–Kier alpha value is -3.91. The molecule has 0 aliphatic carbocycles. The summed E-state index contributed by atoms with van der Waals surface area (Å²) in [5.74, 6) is -4.89. The predicted molar refractivity (Wildman–Crippen MR) is 146 cm³/mol. The Morgan fingerprint density at radius 2 is 1.73 bits per heavy atom. The summed E-state index contributed by atoms with van der Waals surface area (Å²) in [7, 11) is 0. The highest BCUT2D eigenvalue weighted by atomic mass is 35.5. The summed E-state index contributed by atoms with van der Waals surface area (Å²) in [5.41, 5.74) is 17.0. The molecule has 1 aliphatic heterocycles. The molecule has 0 aromatic heterocycles. The van der Waals surface area contributed by atoms with Gasteiger partial charge in [-0.05, 0) is 31.2 Å². The maximum absolute atomic E-state index is 13.4. The molecule has 5 atom stereocenters. The van der Waals surface area contributed by atoms with E-state index in [-0.39, 0.29) is 38.3 Å². The van der Waals surface area contributed by atoms with Crippen LogP contribution in [-0.4, -0.2) is 93.4 Å². The molecule has 220 valence electrons. The van der Waals surface area contributed by atoms with Crippen LogP contribution in [0, 0.1) is 0 Å². The van der Waals surface area contributed by atoms with Gasteiger partial charge < -0.3 is 42.9 Å². The SMILES string of the molecule is NC(N)=NCC(Cl)C[C@H](NC(=O)[C@@H](Cc1ccccc1)NC(=O)[C@@H]1CCCCN1C(=O)[C@@H](N)CC(=O)O)C(=O)O. The molecule has 0 radical (unpaired) electrons. The van der Waals surface area contributed by atoms with Crippen LogP contribution in [0.25, 0.3) is 0 Å². The lowest BCUT2D eigenvalue weighted by Gasteiger charge is -2.36. The van der Waals surface area contributed by atoms with Gasteiger partial charge in [0.05, 0.1) is 24.4 Å². The first-order chi connectivity index (χ1) is 18.9. The molecule has 15 heteroatoms. The zero-order chi connectivity index (χ0) is 29.8. The number of carboxylic acids is 2. The van der Waals surface area contributed by atoms with Gasteiger partial charge in [-0.25, -0.2) is 4.79 Å². The minimum Gasteiger partial charge on any atom is -0.481 e. The zero-order valence-electron chi connectivity index (χ0n) is 21.9. The number of aliphatic carboxylic acids is 2. The maximum atomic E-state index is 13.4. The van der Waals surface area contributed by atoms with E-state index in [0.717, 1.165) is 0 Å². The summed E-state index contributed by atoms with van der Waals surface area (Å²) in [6, 6.07) is 3.86. The van der Waals surface area contributed by atoms with Gasteiger partial charge in [-0.1, -0.05) is 30.3 Å². The highest BCUT2D eigenvalue weighted by molar-refractivity contribution is 6.21. The van der Waals surface area contributed by atoms with Gasteiger partial charge in [0.1, 0.15) is 18.1 Å². The van der Waals surface area contributed by atoms with Crippen molar-refractivity contribution < 1.29 is 34.2 Å². The van der Waals surface area contributed by atoms with Crippen molar-refractivity contribution >= 4 is 47.2 Å². The van der Waals surface area contributed by atoms with Crippen LogP contribution in [0.2, 0.25) is 0 Å². The first kappa shape index (κ1) is 32.3. The van der Waals surface area contributed by atoms with Crippen LogP contribution >= 0.6 is 11.6 Å². The van der Waals surface area contributed by atoms with Gasteiger partial charge in [0.15, 0.2) is 5.96 Å². The van der Waals surface area contributed by atoms with Gasteiger partial charge >= 0.3 is 11.9 Å². The van der Waals surface area contributed by atoms with Crippen molar-refractivity contribution in [2.45, 2.75) is 68.1 Å². The number of rotatable bonds is 14. The molecule has 0 saturated carbocycles. The number of guanidine groups is 1. The zero-order valence-corrected chi connectivity index (χ0v) is 22.6. The molecular weight excluding hydrogens is 546 g/mol. The average molecular weight is 582 g/mol. The van der Waals surface area contributed by atoms with E-state index in [0.29, 0.717) is 18.4 Å². The maximum Gasteiger partial charge on any atom is 0.326 e. The van der Waals surface area contributed by atoms with Crippen molar-refractivity contribution in [1.29, 1.82) is 0 Å². The number of hydrogen-bond donors (Lipinski definition) is 7. The smallest absolute Gasteiger partial charge is 0.326 e. The van der Waals surface area contributed by atoms with E-state index in [1.165, 1.54) is 4.90 Å². The monoisotopic (exact) mass is 581 g/mol. The highest BCUT2D eigenvalue weighted by Crippen LogP contribution is 2.19. The fourth-order valence-corrected chi connectivity index (χ4v) is 4.56. The van der Waals surface area contributed by atoms with Crippen molar-refractivity contribution in [2.24, 2.45) is 22.2 Å². The second-order valence-electron chi connectivity index (χ2n) is 9.50. The summed E-state index contributed by atoms with van der Waals surface area (Å²) in [6.07, 6.45) is 0.750. The molecule has 1 heterocycles. The standard InChI is InChI=1S/C25H36ClN7O7/c26-15(13-30-25(28)29)11-18(24(39)40)32-21(36)17(10-14-6-2-1-3-7-14)31-22(37)19-8-4-5-9-33(19)23(38)16(27)12-20(34)35/h1-3,6-7,15-19H,4-5,8-13,27H2,(H,31,37)(H,32,36)(H,34,35)(H,39,40)(H4,28,29,30)/t15?,16-,17+,18-,19-/m0/s1. The Kier molecular flexibility index (Phi) is 12.6. The lowest BCUT2D eigenvalue weighted by atomic mass is 9.98. The van der Waals surface area contributed by atoms with Gasteiger partial charge in [0.25, 0.3) is 0 Å². The molecule has 1 fully saturated rings. The number of nitrogens with one attached hydrogen (secondary N) is 2. The molecule has 10 N–H and O–H groups in total. The molecule has 1 unspecified atom stereocenters. The van der Waals surface area contributed by atoms with Crippen LogP contribution in [0.4, 0.5) is 0 Å². The fraction of sp³-hybridized carbons (Fsp3) is 0.520. The third-order valence-corrected chi connectivity index (χ3v) is 6.61. The third kappa shape index (κ3) is 10.3. The molecule has 2 rings (SSSR count). The Balaban J connectivity index is 2.22. The van der Waals surface area contributed by atoms with Crippen molar-refractivity contribution in [3.05, 3.63) is 35.9 Å². The predicted octanol–water partition coefficient (Wildman–Crippen LogP) is -1.26. The molecular formula is C25H36ClN7O7. The highest BCUT2D eigenvalue weighted by Gasteiger charge is 2.37. The fourth-order valence-electron chi connectivity index (χ4n) is 4.31. The second-order valence-corrected chi connectivity index (χ2v) is 10.1. The second kappa shape index (κ2) is 15.6. The van der Waals surface area contributed by atoms with Gasteiger partial charge in [0.2, 0.25) is 17.7 Å². The van der Waals surface area contributed by atoms with Crippen molar-refractivity contribution in [1.82, 2.24) is 15.5 Å². The number of nitrogens with zero attached hydrogens (tertiary/aromatic N) is 2. The summed E-state index contributed by atoms with van der Waals surface area (Å²) in [4.78, 5) is 67.5. The lowest BCUT2D eigenvalue weighted by Crippen LogP contribution is -2.60. The molecule has 1 aromatic rings. The number of piperidine rings is 1. The summed E-state index contributed by atoms with van der Waals surface area (Å²) >= 11 is 6.16. The van der Waals surface area contributed by atoms with Crippen LogP contribution in [0.15, 0.2) is 35.3 Å². The van der Waals surface area contributed by atoms with Crippen LogP contribution in [0.1, 0.15) is 37.7 Å². The van der Waals surface area contributed by atoms with E-state index in [1.54, 1.807) is 30.3 Å². The molecule has 1 aliphatic rings. The topological polar surface area (TPSA) is 244 Å². The number of aliphatic imine (C=N–C) groups is 1. The number of hydrogen-bond acceptors (Lipinski definition) is 7. The molecule has 1 aromatic carbocycles. The Bertz CT molecular complexity index is 1080. The number of amides is 3. The van der Waals surface area contributed by atoms with E-state index < -0.39 is 65.6 Å². The Morgan fingerprint density at radius 3 is 2.33 bits per heavy atom. The van der Waals surface area contributed by atoms with Crippen molar-refractivity contribution in [2.75, 3.05) is 13.1 Å². The third-order valence-electron chi connectivity index (χ3n) is 6.29. The molecule has 14 nitrogen and oxygen atoms in total. The average Bonchev–Trinajstić information content (AvgIpc) is 2.90. The molecule has 1 saturated heterocycles. The Morgan fingerprint density at radius 1 is 1.05 bits per heavy atom. The van der Waals surface area contributed by atoms with Crippen LogP contribution in [-0.2, 0) is 30.4 Å².